The van der Waals surface area contributed by atoms with Crippen LogP contribution in [0.2, 0.25) is 0 Å². The van der Waals surface area contributed by atoms with Gasteiger partial charge in [0.25, 0.3) is 0 Å². The van der Waals surface area contributed by atoms with Gasteiger partial charge in [0.15, 0.2) is 0 Å². The molecule has 0 bridgehead atoms. The van der Waals surface area contributed by atoms with E-state index in [1.807, 2.05) is 16.9 Å². The SMILES string of the molecule is NC(=O)c1ccc2cnn(CC3CCC(C(=O)N4OCC[C@H]4c4cnccn4)CC3)c2c1. The molecule has 2 aromatic heterocycles. The Balaban J connectivity index is 1.22. The Hall–Kier alpha value is -3.33. The maximum atomic E-state index is 13.2. The Labute approximate surface area is 185 Å². The first kappa shape index (κ1) is 20.6. The predicted molar refractivity (Wildman–Crippen MR) is 116 cm³/mol. The number of primary amides is 1. The lowest BCUT2D eigenvalue weighted by Crippen LogP contribution is -2.37. The second-order valence-corrected chi connectivity index (χ2v) is 8.61. The molecule has 5 rings (SSSR count). The molecule has 32 heavy (non-hydrogen) atoms. The van der Waals surface area contributed by atoms with Gasteiger partial charge in [-0.15, -0.1) is 0 Å². The first-order valence-corrected chi connectivity index (χ1v) is 11.1. The quantitative estimate of drug-likeness (QED) is 0.660. The third-order valence-electron chi connectivity index (χ3n) is 6.60. The van der Waals surface area contributed by atoms with Crippen molar-refractivity contribution in [1.29, 1.82) is 0 Å². The Morgan fingerprint density at radius 1 is 1.09 bits per heavy atom. The summed E-state index contributed by atoms with van der Waals surface area (Å²) in [6.07, 6.45) is 11.1. The zero-order valence-electron chi connectivity index (χ0n) is 17.8. The summed E-state index contributed by atoms with van der Waals surface area (Å²) in [4.78, 5) is 38.9. The second kappa shape index (κ2) is 8.66. The number of carbonyl (C=O) groups excluding carboxylic acids is 2. The van der Waals surface area contributed by atoms with Crippen molar-refractivity contribution in [2.24, 2.45) is 17.6 Å². The molecular formula is C23H26N6O3. The van der Waals surface area contributed by atoms with Gasteiger partial charge in [-0.2, -0.15) is 5.10 Å². The molecule has 166 valence electrons. The largest absolute Gasteiger partial charge is 0.366 e. The molecule has 2 amide bonds. The number of carbonyl (C=O) groups is 2. The molecule has 9 nitrogen and oxygen atoms in total. The zero-order chi connectivity index (χ0) is 22.1. The molecule has 2 aliphatic rings. The highest BCUT2D eigenvalue weighted by molar-refractivity contribution is 5.96. The van der Waals surface area contributed by atoms with Crippen molar-refractivity contribution in [1.82, 2.24) is 24.8 Å². The summed E-state index contributed by atoms with van der Waals surface area (Å²) in [6, 6.07) is 5.24. The lowest BCUT2D eigenvalue weighted by molar-refractivity contribution is -0.183. The number of hydroxylamine groups is 2. The summed E-state index contributed by atoms with van der Waals surface area (Å²) in [7, 11) is 0. The van der Waals surface area contributed by atoms with Crippen molar-refractivity contribution >= 4 is 22.7 Å². The number of benzene rings is 1. The molecule has 0 unspecified atom stereocenters. The molecule has 0 radical (unpaired) electrons. The molecule has 2 N–H and O–H groups in total. The van der Waals surface area contributed by atoms with Gasteiger partial charge in [-0.1, -0.05) is 6.07 Å². The molecule has 3 aromatic rings. The highest BCUT2D eigenvalue weighted by Gasteiger charge is 2.38. The summed E-state index contributed by atoms with van der Waals surface area (Å²) in [5.41, 5.74) is 7.60. The van der Waals surface area contributed by atoms with Crippen LogP contribution in [0.1, 0.15) is 54.2 Å². The Bertz CT molecular complexity index is 1120. The highest BCUT2D eigenvalue weighted by atomic mass is 16.7. The standard InChI is InChI=1S/C23H26N6O3/c24-22(30)17-5-6-18-12-27-28(21(18)11-17)14-15-1-3-16(4-2-15)23(31)29-20(7-10-32-29)19-13-25-8-9-26-19/h5-6,8-9,11-13,15-16,20H,1-4,7,10,14H2,(H2,24,30)/t15?,16?,20-/m0/s1. The Morgan fingerprint density at radius 3 is 2.69 bits per heavy atom. The monoisotopic (exact) mass is 434 g/mol. The summed E-state index contributed by atoms with van der Waals surface area (Å²) < 4.78 is 1.95. The number of nitrogens with two attached hydrogens (primary N) is 1. The van der Waals surface area contributed by atoms with Crippen LogP contribution in [-0.2, 0) is 16.2 Å². The van der Waals surface area contributed by atoms with Crippen LogP contribution in [0.25, 0.3) is 10.9 Å². The van der Waals surface area contributed by atoms with Crippen molar-refractivity contribution in [3.63, 3.8) is 0 Å². The summed E-state index contributed by atoms with van der Waals surface area (Å²) >= 11 is 0. The van der Waals surface area contributed by atoms with Gasteiger partial charge in [0.2, 0.25) is 11.8 Å². The van der Waals surface area contributed by atoms with E-state index in [9.17, 15) is 9.59 Å². The highest BCUT2D eigenvalue weighted by Crippen LogP contribution is 2.36. The normalized spacial score (nSPS) is 23.5. The van der Waals surface area contributed by atoms with Crippen molar-refractivity contribution in [3.05, 3.63) is 54.2 Å². The smallest absolute Gasteiger partial charge is 0.249 e. The zero-order valence-corrected chi connectivity index (χ0v) is 17.8. The van der Waals surface area contributed by atoms with Gasteiger partial charge in [0.05, 0.1) is 30.2 Å². The molecule has 9 heteroatoms. The van der Waals surface area contributed by atoms with Crippen molar-refractivity contribution in [3.8, 4) is 0 Å². The molecule has 1 atom stereocenters. The van der Waals surface area contributed by atoms with E-state index in [-0.39, 0.29) is 17.9 Å². The molecule has 1 aliphatic heterocycles. The minimum Gasteiger partial charge on any atom is -0.366 e. The van der Waals surface area contributed by atoms with Gasteiger partial charge in [-0.05, 0) is 43.7 Å². The van der Waals surface area contributed by atoms with Crippen molar-refractivity contribution < 1.29 is 14.4 Å². The second-order valence-electron chi connectivity index (χ2n) is 8.61. The van der Waals surface area contributed by atoms with Crippen LogP contribution in [0, 0.1) is 11.8 Å². The summed E-state index contributed by atoms with van der Waals surface area (Å²) in [5.74, 6) is -0.0103. The van der Waals surface area contributed by atoms with E-state index in [2.05, 4.69) is 15.1 Å². The van der Waals surface area contributed by atoms with E-state index < -0.39 is 5.91 Å². The molecule has 0 spiro atoms. The number of nitrogens with zero attached hydrogens (tertiary/aromatic N) is 5. The van der Waals surface area contributed by atoms with Gasteiger partial charge < -0.3 is 5.73 Å². The van der Waals surface area contributed by atoms with Gasteiger partial charge in [-0.25, -0.2) is 5.06 Å². The van der Waals surface area contributed by atoms with Crippen LogP contribution >= 0.6 is 0 Å². The fourth-order valence-corrected chi connectivity index (χ4v) is 4.82. The van der Waals surface area contributed by atoms with Crippen molar-refractivity contribution in [2.75, 3.05) is 6.61 Å². The lowest BCUT2D eigenvalue weighted by atomic mass is 9.81. The van der Waals surface area contributed by atoms with E-state index in [1.54, 1.807) is 30.7 Å². The molecule has 2 fully saturated rings. The van der Waals surface area contributed by atoms with E-state index in [1.165, 1.54) is 5.06 Å². The van der Waals surface area contributed by atoms with Crippen LogP contribution in [0.4, 0.5) is 0 Å². The van der Waals surface area contributed by atoms with E-state index in [4.69, 9.17) is 10.6 Å². The third kappa shape index (κ3) is 3.95. The topological polar surface area (TPSA) is 116 Å². The maximum absolute atomic E-state index is 13.2. The number of aromatic nitrogens is 4. The maximum Gasteiger partial charge on any atom is 0.249 e. The first-order valence-electron chi connectivity index (χ1n) is 11.1. The minimum atomic E-state index is -0.442. The molecular weight excluding hydrogens is 408 g/mol. The number of fused-ring (bicyclic) bond motifs is 1. The van der Waals surface area contributed by atoms with Crippen LogP contribution in [0.15, 0.2) is 43.0 Å². The van der Waals surface area contributed by atoms with Gasteiger partial charge in [0, 0.05) is 42.2 Å². The number of hydrogen-bond donors (Lipinski definition) is 1. The first-order chi connectivity index (χ1) is 15.6. The predicted octanol–water partition coefficient (Wildman–Crippen LogP) is 2.64. The van der Waals surface area contributed by atoms with E-state index >= 15 is 0 Å². The molecule has 1 saturated carbocycles. The summed E-state index contributed by atoms with van der Waals surface area (Å²) in [6.45, 7) is 1.27. The van der Waals surface area contributed by atoms with Crippen LogP contribution in [0.5, 0.6) is 0 Å². The van der Waals surface area contributed by atoms with Crippen LogP contribution in [0.3, 0.4) is 0 Å². The number of hydrogen-bond acceptors (Lipinski definition) is 6. The molecule has 1 aliphatic carbocycles. The van der Waals surface area contributed by atoms with Gasteiger partial charge >= 0.3 is 0 Å². The fourth-order valence-electron chi connectivity index (χ4n) is 4.82. The number of rotatable bonds is 5. The summed E-state index contributed by atoms with van der Waals surface area (Å²) in [5, 5.41) is 7.02. The molecule has 3 heterocycles. The van der Waals surface area contributed by atoms with E-state index in [0.29, 0.717) is 18.1 Å². The average Bonchev–Trinajstić information content (AvgIpc) is 3.47. The van der Waals surface area contributed by atoms with Crippen molar-refractivity contribution in [2.45, 2.75) is 44.7 Å². The molecule has 1 saturated heterocycles. The fraction of sp³-hybridized carbons (Fsp3) is 0.435. The van der Waals surface area contributed by atoms with Gasteiger partial charge in [0.1, 0.15) is 6.04 Å². The van der Waals surface area contributed by atoms with E-state index in [0.717, 1.165) is 55.2 Å². The third-order valence-corrected chi connectivity index (χ3v) is 6.60. The van der Waals surface area contributed by atoms with Crippen LogP contribution < -0.4 is 5.73 Å². The van der Waals surface area contributed by atoms with Crippen LogP contribution in [-0.4, -0.2) is 43.2 Å². The lowest BCUT2D eigenvalue weighted by Gasteiger charge is -2.31. The van der Waals surface area contributed by atoms with Gasteiger partial charge in [-0.3, -0.25) is 29.1 Å². The minimum absolute atomic E-state index is 0.0423. The Morgan fingerprint density at radius 2 is 1.94 bits per heavy atom. The Kier molecular flexibility index (Phi) is 5.57. The number of amides is 2. The average molecular weight is 435 g/mol. The molecule has 1 aromatic carbocycles.